The van der Waals surface area contributed by atoms with Crippen molar-refractivity contribution in [1.82, 2.24) is 0 Å². The van der Waals surface area contributed by atoms with Crippen LogP contribution in [0.3, 0.4) is 0 Å². The molecule has 1 aromatic rings. The van der Waals surface area contributed by atoms with E-state index in [1.165, 1.54) is 12.1 Å². The van der Waals surface area contributed by atoms with E-state index in [0.717, 1.165) is 6.07 Å². The van der Waals surface area contributed by atoms with E-state index in [1.807, 2.05) is 0 Å². The standard InChI is InChI=1S/C10H8FNO3/c11-5-1-2-8-6(3-5)7(10(14)15)4-9(13)12-8/h1-3,7H,4H2,(H,12,13)(H,14,15)/t7-/m1/s1. The zero-order chi connectivity index (χ0) is 11.0. The molecule has 1 aliphatic rings. The van der Waals surface area contributed by atoms with Gasteiger partial charge in [0, 0.05) is 12.1 Å². The van der Waals surface area contributed by atoms with Gasteiger partial charge in [0.05, 0.1) is 5.92 Å². The summed E-state index contributed by atoms with van der Waals surface area (Å²) in [4.78, 5) is 22.0. The van der Waals surface area contributed by atoms with E-state index in [1.54, 1.807) is 0 Å². The summed E-state index contributed by atoms with van der Waals surface area (Å²) in [5, 5.41) is 11.4. The number of fused-ring (bicyclic) bond motifs is 1. The van der Waals surface area contributed by atoms with Gasteiger partial charge in [-0.3, -0.25) is 9.59 Å². The van der Waals surface area contributed by atoms with Crippen LogP contribution < -0.4 is 5.32 Å². The van der Waals surface area contributed by atoms with Crippen molar-refractivity contribution < 1.29 is 19.1 Å². The van der Waals surface area contributed by atoms with Crippen LogP contribution in [0, 0.1) is 5.82 Å². The van der Waals surface area contributed by atoms with Gasteiger partial charge < -0.3 is 10.4 Å². The molecule has 0 unspecified atom stereocenters. The number of nitrogens with one attached hydrogen (secondary N) is 1. The van der Waals surface area contributed by atoms with Crippen LogP contribution in [0.2, 0.25) is 0 Å². The van der Waals surface area contributed by atoms with Gasteiger partial charge in [-0.25, -0.2) is 4.39 Å². The predicted octanol–water partition coefficient (Wildman–Crippen LogP) is 1.34. The molecule has 0 spiro atoms. The largest absolute Gasteiger partial charge is 0.481 e. The maximum absolute atomic E-state index is 12.9. The number of carbonyl (C=O) groups is 2. The van der Waals surface area contributed by atoms with E-state index in [0.29, 0.717) is 11.3 Å². The Morgan fingerprint density at radius 2 is 2.27 bits per heavy atom. The third kappa shape index (κ3) is 1.68. The Hall–Kier alpha value is -1.91. The monoisotopic (exact) mass is 209 g/mol. The van der Waals surface area contributed by atoms with Gasteiger partial charge in [-0.2, -0.15) is 0 Å². The van der Waals surface area contributed by atoms with Crippen molar-refractivity contribution in [3.8, 4) is 0 Å². The Morgan fingerprint density at radius 1 is 1.53 bits per heavy atom. The number of hydrogen-bond donors (Lipinski definition) is 2. The number of carboxylic acid groups (broad SMARTS) is 1. The molecule has 1 atom stereocenters. The van der Waals surface area contributed by atoms with E-state index in [9.17, 15) is 14.0 Å². The van der Waals surface area contributed by atoms with Crippen molar-refractivity contribution in [2.24, 2.45) is 0 Å². The van der Waals surface area contributed by atoms with Gasteiger partial charge in [-0.1, -0.05) is 0 Å². The zero-order valence-corrected chi connectivity index (χ0v) is 7.66. The summed E-state index contributed by atoms with van der Waals surface area (Å²) < 4.78 is 12.9. The molecular weight excluding hydrogens is 201 g/mol. The second-order valence-electron chi connectivity index (χ2n) is 3.37. The summed E-state index contributed by atoms with van der Waals surface area (Å²) in [7, 11) is 0. The lowest BCUT2D eigenvalue weighted by atomic mass is 9.91. The van der Waals surface area contributed by atoms with Gasteiger partial charge in [0.1, 0.15) is 5.82 Å². The van der Waals surface area contributed by atoms with E-state index in [4.69, 9.17) is 5.11 Å². The van der Waals surface area contributed by atoms with Crippen molar-refractivity contribution in [2.75, 3.05) is 5.32 Å². The molecule has 15 heavy (non-hydrogen) atoms. The van der Waals surface area contributed by atoms with Gasteiger partial charge in [0.2, 0.25) is 5.91 Å². The molecule has 2 N–H and O–H groups in total. The molecule has 0 bridgehead atoms. The average molecular weight is 209 g/mol. The number of aliphatic carboxylic acids is 1. The summed E-state index contributed by atoms with van der Waals surface area (Å²) in [6, 6.07) is 3.70. The molecule has 0 radical (unpaired) electrons. The quantitative estimate of drug-likeness (QED) is 0.733. The summed E-state index contributed by atoms with van der Waals surface area (Å²) in [5.41, 5.74) is 0.696. The fourth-order valence-electron chi connectivity index (χ4n) is 1.65. The minimum Gasteiger partial charge on any atom is -0.481 e. The third-order valence-corrected chi connectivity index (χ3v) is 2.35. The minimum atomic E-state index is -1.11. The summed E-state index contributed by atoms with van der Waals surface area (Å²) >= 11 is 0. The molecule has 0 aliphatic carbocycles. The van der Waals surface area contributed by atoms with E-state index in [-0.39, 0.29) is 12.3 Å². The first-order valence-electron chi connectivity index (χ1n) is 4.40. The van der Waals surface area contributed by atoms with Crippen molar-refractivity contribution in [2.45, 2.75) is 12.3 Å². The number of hydrogen-bond acceptors (Lipinski definition) is 2. The second kappa shape index (κ2) is 3.34. The number of halogens is 1. The maximum Gasteiger partial charge on any atom is 0.311 e. The van der Waals surface area contributed by atoms with Crippen molar-refractivity contribution in [3.63, 3.8) is 0 Å². The number of amides is 1. The summed E-state index contributed by atoms with van der Waals surface area (Å²) in [6.07, 6.45) is -0.147. The topological polar surface area (TPSA) is 66.4 Å². The first-order valence-corrected chi connectivity index (χ1v) is 4.40. The highest BCUT2D eigenvalue weighted by Gasteiger charge is 2.30. The molecule has 1 heterocycles. The van der Waals surface area contributed by atoms with Crippen LogP contribution in [0.1, 0.15) is 17.9 Å². The van der Waals surface area contributed by atoms with Gasteiger partial charge in [-0.05, 0) is 23.8 Å². The lowest BCUT2D eigenvalue weighted by Crippen LogP contribution is -2.27. The molecule has 78 valence electrons. The van der Waals surface area contributed by atoms with Crippen LogP contribution >= 0.6 is 0 Å². The molecule has 0 saturated carbocycles. The van der Waals surface area contributed by atoms with E-state index in [2.05, 4.69) is 5.32 Å². The molecule has 1 amide bonds. The highest BCUT2D eigenvalue weighted by molar-refractivity contribution is 5.99. The number of rotatable bonds is 1. The number of carboxylic acids is 1. The Bertz CT molecular complexity index is 444. The van der Waals surface area contributed by atoms with Crippen LogP contribution in [0.15, 0.2) is 18.2 Å². The van der Waals surface area contributed by atoms with Crippen LogP contribution in [-0.2, 0) is 9.59 Å². The van der Waals surface area contributed by atoms with Gasteiger partial charge in [-0.15, -0.1) is 0 Å². The maximum atomic E-state index is 12.9. The van der Waals surface area contributed by atoms with E-state index < -0.39 is 17.7 Å². The van der Waals surface area contributed by atoms with Crippen LogP contribution in [0.25, 0.3) is 0 Å². The zero-order valence-electron chi connectivity index (χ0n) is 7.66. The first kappa shape index (κ1) is 9.64. The minimum absolute atomic E-state index is 0.147. The molecular formula is C10H8FNO3. The average Bonchev–Trinajstić information content (AvgIpc) is 2.17. The van der Waals surface area contributed by atoms with Crippen LogP contribution in [0.4, 0.5) is 10.1 Å². The summed E-state index contributed by atoms with van der Waals surface area (Å²) in [5.74, 6) is -2.93. The van der Waals surface area contributed by atoms with Crippen LogP contribution in [-0.4, -0.2) is 17.0 Å². The lowest BCUT2D eigenvalue weighted by Gasteiger charge is -2.22. The molecule has 0 saturated heterocycles. The van der Waals surface area contributed by atoms with Gasteiger partial charge in [0.15, 0.2) is 0 Å². The highest BCUT2D eigenvalue weighted by atomic mass is 19.1. The predicted molar refractivity (Wildman–Crippen MR) is 50.0 cm³/mol. The summed E-state index contributed by atoms with van der Waals surface area (Å²) in [6.45, 7) is 0. The normalized spacial score (nSPS) is 19.3. The fraction of sp³-hybridized carbons (Fsp3) is 0.200. The second-order valence-corrected chi connectivity index (χ2v) is 3.37. The SMILES string of the molecule is O=C1C[C@@H](C(=O)O)c2cc(F)ccc2N1. The van der Waals surface area contributed by atoms with Crippen LogP contribution in [0.5, 0.6) is 0 Å². The molecule has 0 aromatic heterocycles. The smallest absolute Gasteiger partial charge is 0.311 e. The number of carbonyl (C=O) groups excluding carboxylic acids is 1. The molecule has 2 rings (SSSR count). The van der Waals surface area contributed by atoms with Crippen molar-refractivity contribution in [3.05, 3.63) is 29.6 Å². The highest BCUT2D eigenvalue weighted by Crippen LogP contribution is 2.32. The Morgan fingerprint density at radius 3 is 2.93 bits per heavy atom. The number of benzene rings is 1. The van der Waals surface area contributed by atoms with Crippen molar-refractivity contribution >= 4 is 17.6 Å². The van der Waals surface area contributed by atoms with Gasteiger partial charge >= 0.3 is 5.97 Å². The Balaban J connectivity index is 2.52. The molecule has 0 fully saturated rings. The van der Waals surface area contributed by atoms with Gasteiger partial charge in [0.25, 0.3) is 0 Å². The Labute approximate surface area is 84.7 Å². The fourth-order valence-corrected chi connectivity index (χ4v) is 1.65. The van der Waals surface area contributed by atoms with E-state index >= 15 is 0 Å². The molecule has 1 aromatic carbocycles. The van der Waals surface area contributed by atoms with Crippen molar-refractivity contribution in [1.29, 1.82) is 0 Å². The lowest BCUT2D eigenvalue weighted by molar-refractivity contribution is -0.140. The molecule has 5 heteroatoms. The molecule has 1 aliphatic heterocycles. The number of anilines is 1. The first-order chi connectivity index (χ1) is 7.08. The third-order valence-electron chi connectivity index (χ3n) is 2.35. The Kier molecular flexibility index (Phi) is 2.15. The molecule has 4 nitrogen and oxygen atoms in total.